The average molecular weight is 538 g/mol. The van der Waals surface area contributed by atoms with Gasteiger partial charge in [0.05, 0.1) is 23.8 Å². The third-order valence-corrected chi connectivity index (χ3v) is 8.71. The number of aryl methyl sites for hydroxylation is 1. The molecule has 0 radical (unpaired) electrons. The third kappa shape index (κ3) is 4.59. The lowest BCUT2D eigenvalue weighted by Crippen LogP contribution is -2.62. The normalized spacial score (nSPS) is 24.3. The highest BCUT2D eigenvalue weighted by Gasteiger charge is 2.44. The molecule has 206 valence electrons. The molecule has 2 atom stereocenters. The summed E-state index contributed by atoms with van der Waals surface area (Å²) in [7, 11) is 0. The van der Waals surface area contributed by atoms with Crippen LogP contribution in [0, 0.1) is 18.6 Å². The highest BCUT2D eigenvalue weighted by Crippen LogP contribution is 2.33. The molecule has 0 saturated carbocycles. The number of fused-ring (bicyclic) bond motifs is 2. The number of amides is 3. The molecule has 4 heterocycles. The van der Waals surface area contributed by atoms with Gasteiger partial charge >= 0.3 is 0 Å². The van der Waals surface area contributed by atoms with Crippen molar-refractivity contribution in [3.8, 4) is 11.1 Å². The second kappa shape index (κ2) is 10.3. The topological polar surface area (TPSA) is 85.0 Å². The molecule has 3 saturated heterocycles. The quantitative estimate of drug-likeness (QED) is 0.629. The van der Waals surface area contributed by atoms with Crippen LogP contribution in [-0.4, -0.2) is 89.8 Å². The fourth-order valence-corrected chi connectivity index (χ4v) is 6.53. The van der Waals surface area contributed by atoms with E-state index in [0.29, 0.717) is 23.8 Å². The zero-order valence-corrected chi connectivity index (χ0v) is 22.0. The lowest BCUT2D eigenvalue weighted by atomic mass is 9.99. The minimum Gasteiger partial charge on any atom is -0.337 e. The minimum atomic E-state index is -0.976. The molecule has 4 aliphatic rings. The van der Waals surface area contributed by atoms with Gasteiger partial charge in [-0.2, -0.15) is 0 Å². The van der Waals surface area contributed by atoms with Crippen LogP contribution in [0.25, 0.3) is 11.1 Å². The van der Waals surface area contributed by atoms with E-state index < -0.39 is 17.7 Å². The highest BCUT2D eigenvalue weighted by molar-refractivity contribution is 6.11. The molecule has 2 aromatic rings. The number of carbonyl (C=O) groups is 3. The first-order valence-electron chi connectivity index (χ1n) is 13.8. The molecule has 8 nitrogen and oxygen atoms in total. The van der Waals surface area contributed by atoms with Crippen LogP contribution in [0.5, 0.6) is 0 Å². The molecule has 0 bridgehead atoms. The maximum Gasteiger partial charge on any atom is 0.256 e. The molecule has 0 aromatic heterocycles. The number of nitrogens with one attached hydrogen (secondary N) is 2. The molecule has 10 heteroatoms. The van der Waals surface area contributed by atoms with E-state index in [1.807, 2.05) is 0 Å². The summed E-state index contributed by atoms with van der Waals surface area (Å²) >= 11 is 0. The number of likely N-dealkylation sites (tertiary alicyclic amines) is 1. The van der Waals surface area contributed by atoms with Crippen LogP contribution in [0.15, 0.2) is 30.3 Å². The number of carbonyl (C=O) groups excluding carboxylic acids is 3. The third-order valence-electron chi connectivity index (χ3n) is 8.71. The Labute approximate surface area is 226 Å². The number of nitrogens with zero attached hydrogens (tertiary/aromatic N) is 3. The molecule has 3 amide bonds. The Kier molecular flexibility index (Phi) is 6.84. The van der Waals surface area contributed by atoms with Gasteiger partial charge in [0, 0.05) is 24.7 Å². The number of rotatable bonds is 3. The second-order valence-corrected chi connectivity index (χ2v) is 11.0. The van der Waals surface area contributed by atoms with Crippen molar-refractivity contribution in [1.29, 1.82) is 0 Å². The van der Waals surface area contributed by atoms with Crippen LogP contribution in [0.4, 0.5) is 14.5 Å². The molecule has 39 heavy (non-hydrogen) atoms. The van der Waals surface area contributed by atoms with E-state index >= 15 is 0 Å². The van der Waals surface area contributed by atoms with Gasteiger partial charge in [0.15, 0.2) is 11.6 Å². The maximum atomic E-state index is 14.7. The molecule has 2 aromatic carbocycles. The Hall–Kier alpha value is -3.37. The average Bonchev–Trinajstić information content (AvgIpc) is 3.42. The monoisotopic (exact) mass is 537 g/mol. The molecule has 6 rings (SSSR count). The maximum absolute atomic E-state index is 14.7. The largest absolute Gasteiger partial charge is 0.337 e. The molecule has 2 unspecified atom stereocenters. The summed E-state index contributed by atoms with van der Waals surface area (Å²) in [6.45, 7) is 5.01. The first-order chi connectivity index (χ1) is 18.8. The van der Waals surface area contributed by atoms with Crippen molar-refractivity contribution in [2.75, 3.05) is 44.6 Å². The van der Waals surface area contributed by atoms with Gasteiger partial charge in [-0.05, 0) is 75.5 Å². The van der Waals surface area contributed by atoms with Gasteiger partial charge in [0.1, 0.15) is 6.04 Å². The Morgan fingerprint density at radius 2 is 1.74 bits per heavy atom. The Morgan fingerprint density at radius 1 is 0.949 bits per heavy atom. The van der Waals surface area contributed by atoms with Gasteiger partial charge in [-0.3, -0.25) is 19.3 Å². The van der Waals surface area contributed by atoms with Gasteiger partial charge in [0.2, 0.25) is 11.8 Å². The predicted molar refractivity (Wildman–Crippen MR) is 142 cm³/mol. The van der Waals surface area contributed by atoms with Gasteiger partial charge in [-0.1, -0.05) is 18.2 Å². The van der Waals surface area contributed by atoms with E-state index in [-0.39, 0.29) is 53.5 Å². The molecule has 3 fully saturated rings. The molecule has 0 spiro atoms. The molecule has 0 aliphatic carbocycles. The van der Waals surface area contributed by atoms with Gasteiger partial charge in [-0.25, -0.2) is 8.78 Å². The number of benzene rings is 2. The van der Waals surface area contributed by atoms with Crippen LogP contribution in [0.2, 0.25) is 0 Å². The molecular weight excluding hydrogens is 504 g/mol. The van der Waals surface area contributed by atoms with Crippen LogP contribution < -0.4 is 10.6 Å². The summed E-state index contributed by atoms with van der Waals surface area (Å²) < 4.78 is 28.9. The summed E-state index contributed by atoms with van der Waals surface area (Å²) in [4.78, 5) is 46.2. The summed E-state index contributed by atoms with van der Waals surface area (Å²) in [5, 5.41) is 6.21. The standard InChI is InChI=1S/C29H33F2N5O3/c1-17-4-6-20(26(31)25(17)30)18-5-7-22-21(15-18)28(38)36-14-13-34(16-24(36)27(37)33-22)29(39)23-3-2-12-35(23)19-8-10-32-11-9-19/h4-7,15,19,23-24,32H,2-3,8-14,16H2,1H3,(H,33,37). The summed E-state index contributed by atoms with van der Waals surface area (Å²) in [5.74, 6) is -2.60. The number of hydrogen-bond donors (Lipinski definition) is 2. The van der Waals surface area contributed by atoms with Crippen molar-refractivity contribution in [3.05, 3.63) is 53.1 Å². The SMILES string of the molecule is Cc1ccc(-c2ccc3c(c2)C(=O)N2CCN(C(=O)C4CCCN4C4CCNCC4)CC2C(=O)N3)c(F)c1F. The number of anilines is 1. The van der Waals surface area contributed by atoms with Crippen molar-refractivity contribution in [2.45, 2.75) is 50.7 Å². The van der Waals surface area contributed by atoms with Gasteiger partial charge < -0.3 is 20.4 Å². The zero-order valence-electron chi connectivity index (χ0n) is 22.0. The molecular formula is C29H33F2N5O3. The Morgan fingerprint density at radius 3 is 2.54 bits per heavy atom. The zero-order chi connectivity index (χ0) is 27.3. The summed E-state index contributed by atoms with van der Waals surface area (Å²) in [5.41, 5.74) is 1.13. The smallest absolute Gasteiger partial charge is 0.256 e. The van der Waals surface area contributed by atoms with Crippen LogP contribution >= 0.6 is 0 Å². The number of piperidine rings is 1. The first-order valence-corrected chi connectivity index (χ1v) is 13.8. The van der Waals surface area contributed by atoms with Crippen LogP contribution in [0.3, 0.4) is 0 Å². The van der Waals surface area contributed by atoms with Crippen molar-refractivity contribution in [3.63, 3.8) is 0 Å². The predicted octanol–water partition coefficient (Wildman–Crippen LogP) is 2.76. The summed E-state index contributed by atoms with van der Waals surface area (Å²) in [6, 6.07) is 6.97. The van der Waals surface area contributed by atoms with Crippen molar-refractivity contribution in [1.82, 2.24) is 20.0 Å². The van der Waals surface area contributed by atoms with Crippen LogP contribution in [0.1, 0.15) is 41.6 Å². The first kappa shape index (κ1) is 25.9. The fourth-order valence-electron chi connectivity index (χ4n) is 6.53. The molecule has 2 N–H and O–H groups in total. The van der Waals surface area contributed by atoms with Crippen molar-refractivity contribution >= 4 is 23.4 Å². The Balaban J connectivity index is 1.22. The van der Waals surface area contributed by atoms with Gasteiger partial charge in [-0.15, -0.1) is 0 Å². The van der Waals surface area contributed by atoms with E-state index in [2.05, 4.69) is 15.5 Å². The van der Waals surface area contributed by atoms with E-state index in [1.54, 1.807) is 17.0 Å². The number of halogens is 2. The van der Waals surface area contributed by atoms with E-state index in [1.165, 1.54) is 30.0 Å². The van der Waals surface area contributed by atoms with E-state index in [4.69, 9.17) is 0 Å². The molecule has 4 aliphatic heterocycles. The highest BCUT2D eigenvalue weighted by atomic mass is 19.2. The van der Waals surface area contributed by atoms with Gasteiger partial charge in [0.25, 0.3) is 5.91 Å². The fraction of sp³-hybridized carbons (Fsp3) is 0.483. The second-order valence-electron chi connectivity index (χ2n) is 11.0. The number of piperazine rings is 1. The summed E-state index contributed by atoms with van der Waals surface area (Å²) in [6.07, 6.45) is 3.84. The number of hydrogen-bond acceptors (Lipinski definition) is 5. The van der Waals surface area contributed by atoms with Crippen molar-refractivity contribution < 1.29 is 23.2 Å². The minimum absolute atomic E-state index is 0.0341. The Bertz CT molecular complexity index is 1330. The van der Waals surface area contributed by atoms with E-state index in [0.717, 1.165) is 45.3 Å². The lowest BCUT2D eigenvalue weighted by molar-refractivity contribution is -0.140. The lowest BCUT2D eigenvalue weighted by Gasteiger charge is -2.42. The van der Waals surface area contributed by atoms with Crippen LogP contribution in [-0.2, 0) is 9.59 Å². The van der Waals surface area contributed by atoms with E-state index in [9.17, 15) is 23.2 Å². The van der Waals surface area contributed by atoms with Crippen molar-refractivity contribution in [2.24, 2.45) is 0 Å².